The molecule has 1 unspecified atom stereocenters. The summed E-state index contributed by atoms with van der Waals surface area (Å²) in [6, 6.07) is 0. The highest BCUT2D eigenvalue weighted by Gasteiger charge is 2.31. The van der Waals surface area contributed by atoms with Crippen molar-refractivity contribution in [2.24, 2.45) is 5.92 Å². The van der Waals surface area contributed by atoms with E-state index in [0.29, 0.717) is 5.78 Å². The van der Waals surface area contributed by atoms with Gasteiger partial charge in [0.2, 0.25) is 0 Å². The van der Waals surface area contributed by atoms with Crippen LogP contribution in [0.15, 0.2) is 5.38 Å². The van der Waals surface area contributed by atoms with E-state index in [1.54, 1.807) is 11.3 Å². The molecule has 1 aromatic rings. The minimum atomic E-state index is 0.283. The van der Waals surface area contributed by atoms with Crippen molar-refractivity contribution < 1.29 is 4.79 Å². The lowest BCUT2D eigenvalue weighted by molar-refractivity contribution is 0.0937. The van der Waals surface area contributed by atoms with Gasteiger partial charge in [-0.15, -0.1) is 11.3 Å². The number of thiophene rings is 1. The number of rotatable bonds is 1. The average molecular weight is 180 g/mol. The predicted octanol–water partition coefficient (Wildman–Crippen LogP) is 2.82. The van der Waals surface area contributed by atoms with Crippen LogP contribution in [0.3, 0.4) is 0 Å². The van der Waals surface area contributed by atoms with Crippen LogP contribution in [0.2, 0.25) is 0 Å². The van der Waals surface area contributed by atoms with Gasteiger partial charge >= 0.3 is 0 Å². The molecule has 2 heteroatoms. The summed E-state index contributed by atoms with van der Waals surface area (Å²) in [7, 11) is 0. The average Bonchev–Trinajstić information content (AvgIpc) is 2.55. The monoisotopic (exact) mass is 180 g/mol. The van der Waals surface area contributed by atoms with Crippen LogP contribution in [0.5, 0.6) is 0 Å². The van der Waals surface area contributed by atoms with Crippen molar-refractivity contribution in [3.05, 3.63) is 21.4 Å². The molecular formula is C10H12OS. The molecule has 0 saturated heterocycles. The molecule has 1 heterocycles. The van der Waals surface area contributed by atoms with Crippen LogP contribution in [0.25, 0.3) is 0 Å². The maximum absolute atomic E-state index is 11.7. The Morgan fingerprint density at radius 2 is 2.42 bits per heavy atom. The van der Waals surface area contributed by atoms with Crippen LogP contribution < -0.4 is 0 Å². The molecule has 64 valence electrons. The Kier molecular flexibility index (Phi) is 1.80. The zero-order valence-corrected chi connectivity index (χ0v) is 8.20. The Bertz CT molecular complexity index is 325. The summed E-state index contributed by atoms with van der Waals surface area (Å²) in [6.07, 6.45) is 1.97. The molecule has 2 rings (SSSR count). The van der Waals surface area contributed by atoms with Crippen LogP contribution in [-0.2, 0) is 6.42 Å². The van der Waals surface area contributed by atoms with Gasteiger partial charge < -0.3 is 0 Å². The number of aryl methyl sites for hydroxylation is 1. The van der Waals surface area contributed by atoms with E-state index in [4.69, 9.17) is 0 Å². The van der Waals surface area contributed by atoms with Gasteiger partial charge in [0.1, 0.15) is 0 Å². The summed E-state index contributed by atoms with van der Waals surface area (Å²) in [5.41, 5.74) is 2.62. The van der Waals surface area contributed by atoms with Gasteiger partial charge in [0, 0.05) is 5.92 Å². The van der Waals surface area contributed by atoms with Crippen LogP contribution in [-0.4, -0.2) is 5.78 Å². The van der Waals surface area contributed by atoms with Crippen LogP contribution in [0.4, 0.5) is 0 Å². The van der Waals surface area contributed by atoms with Crippen LogP contribution >= 0.6 is 11.3 Å². The van der Waals surface area contributed by atoms with Crippen molar-refractivity contribution in [2.45, 2.75) is 26.7 Å². The lowest BCUT2D eigenvalue weighted by Crippen LogP contribution is -2.06. The zero-order chi connectivity index (χ0) is 8.72. The molecular weight excluding hydrogens is 168 g/mol. The zero-order valence-electron chi connectivity index (χ0n) is 7.39. The van der Waals surface area contributed by atoms with Crippen molar-refractivity contribution in [3.63, 3.8) is 0 Å². The normalized spacial score (nSPS) is 21.5. The van der Waals surface area contributed by atoms with Crippen molar-refractivity contribution in [1.29, 1.82) is 0 Å². The molecule has 1 nitrogen and oxygen atoms in total. The molecule has 0 aromatic carbocycles. The standard InChI is InChI=1S/C10H12OS/c1-3-7-4-8-6(2)5-12-10(8)9(7)11/h5,7H,3-4H2,1-2H3. The van der Waals surface area contributed by atoms with Gasteiger partial charge in [-0.25, -0.2) is 0 Å². The van der Waals surface area contributed by atoms with Crippen LogP contribution in [0, 0.1) is 12.8 Å². The minimum Gasteiger partial charge on any atom is -0.293 e. The van der Waals surface area contributed by atoms with Crippen molar-refractivity contribution in [3.8, 4) is 0 Å². The first-order valence-electron chi connectivity index (χ1n) is 4.35. The molecule has 1 aromatic heterocycles. The number of carbonyl (C=O) groups is 1. The number of ketones is 1. The van der Waals surface area contributed by atoms with Gasteiger partial charge in [-0.3, -0.25) is 4.79 Å². The molecule has 0 radical (unpaired) electrons. The molecule has 1 aliphatic carbocycles. The van der Waals surface area contributed by atoms with Gasteiger partial charge in [-0.1, -0.05) is 6.92 Å². The minimum absolute atomic E-state index is 0.283. The third-order valence-corrected chi connectivity index (χ3v) is 3.80. The summed E-state index contributed by atoms with van der Waals surface area (Å²) in [4.78, 5) is 12.7. The Morgan fingerprint density at radius 1 is 1.67 bits per heavy atom. The molecule has 0 spiro atoms. The van der Waals surface area contributed by atoms with Gasteiger partial charge in [0.15, 0.2) is 5.78 Å². The molecule has 0 saturated carbocycles. The molecule has 1 atom stereocenters. The van der Waals surface area contributed by atoms with E-state index in [9.17, 15) is 4.79 Å². The fourth-order valence-electron chi connectivity index (χ4n) is 1.78. The Balaban J connectivity index is 2.43. The second kappa shape index (κ2) is 2.70. The molecule has 0 aliphatic heterocycles. The van der Waals surface area contributed by atoms with Crippen LogP contribution in [0.1, 0.15) is 34.1 Å². The molecule has 0 N–H and O–H groups in total. The SMILES string of the molecule is CCC1Cc2c(C)csc2C1=O. The highest BCUT2D eigenvalue weighted by molar-refractivity contribution is 7.12. The van der Waals surface area contributed by atoms with Gasteiger partial charge in [-0.2, -0.15) is 0 Å². The Morgan fingerprint density at radius 3 is 3.00 bits per heavy atom. The number of fused-ring (bicyclic) bond motifs is 1. The van der Waals surface area contributed by atoms with E-state index in [1.807, 2.05) is 0 Å². The molecule has 1 aliphatic rings. The number of hydrogen-bond donors (Lipinski definition) is 0. The predicted molar refractivity (Wildman–Crippen MR) is 50.9 cm³/mol. The molecule has 0 amide bonds. The highest BCUT2D eigenvalue weighted by Crippen LogP contribution is 2.35. The van der Waals surface area contributed by atoms with E-state index < -0.39 is 0 Å². The summed E-state index contributed by atoms with van der Waals surface area (Å²) in [5, 5.41) is 2.09. The van der Waals surface area contributed by atoms with E-state index in [-0.39, 0.29) is 5.92 Å². The van der Waals surface area contributed by atoms with E-state index >= 15 is 0 Å². The van der Waals surface area contributed by atoms with Gasteiger partial charge in [0.25, 0.3) is 0 Å². The summed E-state index contributed by atoms with van der Waals surface area (Å²) >= 11 is 1.62. The second-order valence-corrected chi connectivity index (χ2v) is 4.28. The third-order valence-electron chi connectivity index (χ3n) is 2.64. The molecule has 0 bridgehead atoms. The number of Topliss-reactive ketones (excluding diaryl/α,β-unsaturated/α-hetero) is 1. The van der Waals surface area contributed by atoms with Crippen molar-refractivity contribution >= 4 is 17.1 Å². The fourth-order valence-corrected chi connectivity index (χ4v) is 2.89. The summed E-state index contributed by atoms with van der Waals surface area (Å²) in [6.45, 7) is 4.19. The topological polar surface area (TPSA) is 17.1 Å². The highest BCUT2D eigenvalue weighted by atomic mass is 32.1. The largest absolute Gasteiger partial charge is 0.293 e. The first-order valence-corrected chi connectivity index (χ1v) is 5.23. The Labute approximate surface area is 76.4 Å². The summed E-state index contributed by atoms with van der Waals surface area (Å²) in [5.74, 6) is 0.664. The van der Waals surface area contributed by atoms with Gasteiger partial charge in [-0.05, 0) is 36.3 Å². The lowest BCUT2D eigenvalue weighted by atomic mass is 10.0. The molecule has 0 fully saturated rings. The maximum atomic E-state index is 11.7. The molecule has 12 heavy (non-hydrogen) atoms. The van der Waals surface area contributed by atoms with Crippen molar-refractivity contribution in [1.82, 2.24) is 0 Å². The second-order valence-electron chi connectivity index (χ2n) is 3.40. The van der Waals surface area contributed by atoms with Crippen molar-refractivity contribution in [2.75, 3.05) is 0 Å². The van der Waals surface area contributed by atoms with E-state index in [1.165, 1.54) is 11.1 Å². The summed E-state index contributed by atoms with van der Waals surface area (Å²) < 4.78 is 0. The van der Waals surface area contributed by atoms with E-state index in [2.05, 4.69) is 19.2 Å². The number of hydrogen-bond acceptors (Lipinski definition) is 2. The van der Waals surface area contributed by atoms with E-state index in [0.717, 1.165) is 17.7 Å². The smallest absolute Gasteiger partial charge is 0.176 e. The first kappa shape index (κ1) is 7.99. The lowest BCUT2D eigenvalue weighted by Gasteiger charge is -2.01. The van der Waals surface area contributed by atoms with Gasteiger partial charge in [0.05, 0.1) is 4.88 Å². The fraction of sp³-hybridized carbons (Fsp3) is 0.500. The third kappa shape index (κ3) is 0.944. The Hall–Kier alpha value is -0.630. The number of carbonyl (C=O) groups excluding carboxylic acids is 1. The maximum Gasteiger partial charge on any atom is 0.176 e. The first-order chi connectivity index (χ1) is 5.74. The quantitative estimate of drug-likeness (QED) is 0.649.